The summed E-state index contributed by atoms with van der Waals surface area (Å²) in [6.07, 6.45) is 56.2. The number of ether oxygens (including phenoxy) is 2. The van der Waals surface area contributed by atoms with Crippen LogP contribution in [-0.2, 0) is 19.1 Å². The Balaban J connectivity index is 3.52. The Bertz CT molecular complexity index is 888. The van der Waals surface area contributed by atoms with E-state index >= 15 is 0 Å². The Morgan fingerprint density at radius 1 is 0.453 bits per heavy atom. The molecular formula is C48H86O5. The molecule has 0 spiro atoms. The summed E-state index contributed by atoms with van der Waals surface area (Å²) in [6.45, 7) is 4.02. The molecule has 0 aliphatic carbocycles. The third kappa shape index (κ3) is 42.5. The van der Waals surface area contributed by atoms with Crippen molar-refractivity contribution in [2.45, 2.75) is 232 Å². The van der Waals surface area contributed by atoms with Gasteiger partial charge >= 0.3 is 11.9 Å². The zero-order valence-electron chi connectivity index (χ0n) is 35.0. The Morgan fingerprint density at radius 2 is 0.811 bits per heavy atom. The average Bonchev–Trinajstić information content (AvgIpc) is 3.16. The highest BCUT2D eigenvalue weighted by Gasteiger charge is 2.16. The van der Waals surface area contributed by atoms with Gasteiger partial charge in [0.05, 0.1) is 6.61 Å². The average molecular weight is 743 g/mol. The molecule has 0 radical (unpaired) electrons. The van der Waals surface area contributed by atoms with Gasteiger partial charge in [-0.1, -0.05) is 210 Å². The Hall–Kier alpha value is -2.14. The van der Waals surface area contributed by atoms with Crippen LogP contribution < -0.4 is 0 Å². The lowest BCUT2D eigenvalue weighted by Crippen LogP contribution is -2.28. The lowest BCUT2D eigenvalue weighted by atomic mass is 10.0. The monoisotopic (exact) mass is 743 g/mol. The van der Waals surface area contributed by atoms with E-state index in [4.69, 9.17) is 9.47 Å². The van der Waals surface area contributed by atoms with Gasteiger partial charge in [-0.25, -0.2) is 0 Å². The van der Waals surface area contributed by atoms with E-state index < -0.39 is 6.10 Å². The Kier molecular flexibility index (Phi) is 42.5. The summed E-state index contributed by atoms with van der Waals surface area (Å²) in [4.78, 5) is 24.3. The number of unbranched alkanes of at least 4 members (excludes halogenated alkanes) is 25. The highest BCUT2D eigenvalue weighted by Crippen LogP contribution is 2.16. The molecule has 5 heteroatoms. The second-order valence-electron chi connectivity index (χ2n) is 15.1. The van der Waals surface area contributed by atoms with Gasteiger partial charge in [0.15, 0.2) is 6.10 Å². The first-order chi connectivity index (χ1) is 26.1. The fraction of sp³-hybridized carbons (Fsp3) is 0.792. The van der Waals surface area contributed by atoms with Gasteiger partial charge in [-0.05, 0) is 51.4 Å². The van der Waals surface area contributed by atoms with Gasteiger partial charge < -0.3 is 14.6 Å². The first-order valence-electron chi connectivity index (χ1n) is 22.7. The number of rotatable bonds is 41. The normalized spacial score (nSPS) is 12.6. The summed E-state index contributed by atoms with van der Waals surface area (Å²) in [6, 6.07) is 0. The first-order valence-corrected chi connectivity index (χ1v) is 22.7. The van der Waals surface area contributed by atoms with E-state index in [1.54, 1.807) is 0 Å². The van der Waals surface area contributed by atoms with Crippen molar-refractivity contribution < 1.29 is 24.2 Å². The minimum absolute atomic E-state index is 0.0742. The van der Waals surface area contributed by atoms with Crippen molar-refractivity contribution in [3.05, 3.63) is 48.6 Å². The van der Waals surface area contributed by atoms with Crippen molar-refractivity contribution in [2.24, 2.45) is 0 Å². The minimum Gasteiger partial charge on any atom is -0.462 e. The van der Waals surface area contributed by atoms with E-state index in [2.05, 4.69) is 62.5 Å². The molecule has 0 rings (SSSR count). The molecule has 0 aliphatic rings. The van der Waals surface area contributed by atoms with Gasteiger partial charge in [-0.15, -0.1) is 0 Å². The molecule has 1 atom stereocenters. The zero-order valence-corrected chi connectivity index (χ0v) is 35.0. The summed E-state index contributed by atoms with van der Waals surface area (Å²) < 4.78 is 10.6. The first kappa shape index (κ1) is 50.9. The van der Waals surface area contributed by atoms with Crippen molar-refractivity contribution in [1.29, 1.82) is 0 Å². The lowest BCUT2D eigenvalue weighted by Gasteiger charge is -2.15. The van der Waals surface area contributed by atoms with E-state index in [0.717, 1.165) is 77.0 Å². The molecule has 0 aromatic carbocycles. The molecule has 1 unspecified atom stereocenters. The van der Waals surface area contributed by atoms with Crippen LogP contribution >= 0.6 is 0 Å². The molecule has 0 aromatic heterocycles. The van der Waals surface area contributed by atoms with Gasteiger partial charge in [0.2, 0.25) is 0 Å². The fourth-order valence-electron chi connectivity index (χ4n) is 6.49. The molecule has 5 nitrogen and oxygen atoms in total. The number of aliphatic hydroxyl groups excluding tert-OH is 1. The number of esters is 2. The van der Waals surface area contributed by atoms with Gasteiger partial charge in [0.1, 0.15) is 6.61 Å². The third-order valence-corrected chi connectivity index (χ3v) is 9.89. The quantitative estimate of drug-likeness (QED) is 0.0384. The smallest absolute Gasteiger partial charge is 0.306 e. The maximum Gasteiger partial charge on any atom is 0.306 e. The molecule has 308 valence electrons. The van der Waals surface area contributed by atoms with Crippen molar-refractivity contribution in [2.75, 3.05) is 13.2 Å². The van der Waals surface area contributed by atoms with Crippen LogP contribution in [0.25, 0.3) is 0 Å². The van der Waals surface area contributed by atoms with Crippen molar-refractivity contribution in [3.63, 3.8) is 0 Å². The molecular weight excluding hydrogens is 657 g/mol. The molecule has 53 heavy (non-hydrogen) atoms. The summed E-state index contributed by atoms with van der Waals surface area (Å²) in [5.74, 6) is -0.612. The minimum atomic E-state index is -0.783. The molecule has 0 fully saturated rings. The number of carbonyl (C=O) groups excluding carboxylic acids is 2. The molecule has 0 aromatic rings. The van der Waals surface area contributed by atoms with Crippen molar-refractivity contribution in [3.8, 4) is 0 Å². The van der Waals surface area contributed by atoms with Crippen LogP contribution in [0, 0.1) is 0 Å². The highest BCUT2D eigenvalue weighted by atomic mass is 16.6. The van der Waals surface area contributed by atoms with Crippen molar-refractivity contribution >= 4 is 11.9 Å². The number of carbonyl (C=O) groups is 2. The van der Waals surface area contributed by atoms with E-state index in [-0.39, 0.29) is 25.2 Å². The molecule has 0 bridgehead atoms. The predicted molar refractivity (Wildman–Crippen MR) is 228 cm³/mol. The number of allylic oxidation sites excluding steroid dienone is 8. The third-order valence-electron chi connectivity index (χ3n) is 9.89. The SMILES string of the molecule is CC/C=C\C/C=C\C/C=C\C/C=C\CCCCCCC(=O)OC(CO)COC(=O)CCCCCCCCCCCCCCCCCCCCCCCC. The van der Waals surface area contributed by atoms with Crippen molar-refractivity contribution in [1.82, 2.24) is 0 Å². The number of aliphatic hydroxyl groups is 1. The fourth-order valence-corrected chi connectivity index (χ4v) is 6.49. The van der Waals surface area contributed by atoms with E-state index in [1.807, 2.05) is 0 Å². The number of hydrogen-bond donors (Lipinski definition) is 1. The lowest BCUT2D eigenvalue weighted by molar-refractivity contribution is -0.161. The van der Waals surface area contributed by atoms with Gasteiger partial charge in [-0.2, -0.15) is 0 Å². The maximum absolute atomic E-state index is 12.2. The van der Waals surface area contributed by atoms with E-state index in [0.29, 0.717) is 12.8 Å². The van der Waals surface area contributed by atoms with Crippen LogP contribution in [0.4, 0.5) is 0 Å². The number of hydrogen-bond acceptors (Lipinski definition) is 5. The van der Waals surface area contributed by atoms with Crippen LogP contribution in [0.5, 0.6) is 0 Å². The Labute approximate surface area is 328 Å². The maximum atomic E-state index is 12.2. The van der Waals surface area contributed by atoms with Gasteiger partial charge in [-0.3, -0.25) is 9.59 Å². The molecule has 0 amide bonds. The van der Waals surface area contributed by atoms with Crippen LogP contribution in [0.1, 0.15) is 226 Å². The molecule has 0 saturated carbocycles. The van der Waals surface area contributed by atoms with E-state index in [1.165, 1.54) is 122 Å². The second-order valence-corrected chi connectivity index (χ2v) is 15.1. The van der Waals surface area contributed by atoms with Gasteiger partial charge in [0.25, 0.3) is 0 Å². The van der Waals surface area contributed by atoms with E-state index in [9.17, 15) is 14.7 Å². The standard InChI is InChI=1S/C48H86O5/c1-3-5-7-9-11-13-15-17-19-21-22-23-24-25-27-28-30-32-34-36-38-40-42-47(50)52-45-46(44-49)53-48(51)43-41-39-37-35-33-31-29-26-20-18-16-14-12-10-8-6-4-2/h6,8,12,14,18,20,29,31,46,49H,3-5,7,9-11,13,15-17,19,21-28,30,32-45H2,1-2H3/b8-6-,14-12-,20-18-,31-29-. The Morgan fingerprint density at radius 3 is 1.23 bits per heavy atom. The topological polar surface area (TPSA) is 72.8 Å². The van der Waals surface area contributed by atoms with Gasteiger partial charge in [0, 0.05) is 12.8 Å². The molecule has 0 heterocycles. The summed E-state index contributed by atoms with van der Waals surface area (Å²) in [5.41, 5.74) is 0. The predicted octanol–water partition coefficient (Wildman–Crippen LogP) is 14.6. The summed E-state index contributed by atoms with van der Waals surface area (Å²) >= 11 is 0. The molecule has 0 saturated heterocycles. The zero-order chi connectivity index (χ0) is 38.6. The summed E-state index contributed by atoms with van der Waals surface area (Å²) in [5, 5.41) is 9.59. The van der Waals surface area contributed by atoms with Crippen LogP contribution in [-0.4, -0.2) is 36.4 Å². The summed E-state index contributed by atoms with van der Waals surface area (Å²) in [7, 11) is 0. The van der Waals surface area contributed by atoms with Crippen LogP contribution in [0.3, 0.4) is 0 Å². The van der Waals surface area contributed by atoms with Crippen LogP contribution in [0.15, 0.2) is 48.6 Å². The largest absolute Gasteiger partial charge is 0.462 e. The molecule has 1 N–H and O–H groups in total. The highest BCUT2D eigenvalue weighted by molar-refractivity contribution is 5.70. The second kappa shape index (κ2) is 44.3. The molecule has 0 aliphatic heterocycles. The van der Waals surface area contributed by atoms with Crippen LogP contribution in [0.2, 0.25) is 0 Å².